The molecule has 21 heavy (non-hydrogen) atoms. The van der Waals surface area contributed by atoms with E-state index in [-0.39, 0.29) is 12.5 Å². The molecule has 0 radical (unpaired) electrons. The van der Waals surface area contributed by atoms with E-state index in [2.05, 4.69) is 20.8 Å². The molecule has 0 spiro atoms. The number of amides is 1. The number of carbonyl (C=O) groups excluding carboxylic acids is 1. The molecule has 0 atom stereocenters. The molecule has 0 aromatic heterocycles. The van der Waals surface area contributed by atoms with Gasteiger partial charge in [-0.2, -0.15) is 0 Å². The molecule has 1 fully saturated rings. The minimum absolute atomic E-state index is 0.0563. The molecule has 1 aliphatic rings. The van der Waals surface area contributed by atoms with Gasteiger partial charge in [0.05, 0.1) is 6.61 Å². The van der Waals surface area contributed by atoms with Gasteiger partial charge in [-0.3, -0.25) is 9.69 Å². The van der Waals surface area contributed by atoms with Gasteiger partial charge in [-0.1, -0.05) is 28.1 Å². The topological polar surface area (TPSA) is 43.8 Å². The van der Waals surface area contributed by atoms with Crippen molar-refractivity contribution in [3.05, 3.63) is 40.4 Å². The summed E-state index contributed by atoms with van der Waals surface area (Å²) in [5.41, 5.74) is 1.01. The highest BCUT2D eigenvalue weighted by Gasteiger charge is 2.16. The number of aliphatic hydroxyl groups excluding tert-OH is 1. The Hall–Kier alpha value is -1.17. The molecule has 0 unspecified atom stereocenters. The summed E-state index contributed by atoms with van der Waals surface area (Å²) in [6.45, 7) is 4.15. The Morgan fingerprint density at radius 3 is 2.90 bits per heavy atom. The quantitative estimate of drug-likeness (QED) is 0.842. The standard InChI is InChI=1S/C16H21BrN2O2/c17-15-4-1-3-14(13-15)5-6-16(21)19-8-2-7-18(9-10-19)11-12-20/h1,3-6,13,20H,2,7-12H2. The summed E-state index contributed by atoms with van der Waals surface area (Å²) in [7, 11) is 0. The van der Waals surface area contributed by atoms with Crippen molar-refractivity contribution in [2.45, 2.75) is 6.42 Å². The zero-order valence-electron chi connectivity index (χ0n) is 12.0. The predicted molar refractivity (Wildman–Crippen MR) is 87.9 cm³/mol. The molecular weight excluding hydrogens is 332 g/mol. The lowest BCUT2D eigenvalue weighted by Gasteiger charge is -2.20. The molecule has 1 saturated heterocycles. The molecule has 1 heterocycles. The van der Waals surface area contributed by atoms with Gasteiger partial charge in [0.25, 0.3) is 0 Å². The molecular formula is C16H21BrN2O2. The first kappa shape index (κ1) is 16.2. The van der Waals surface area contributed by atoms with Gasteiger partial charge in [0.15, 0.2) is 0 Å². The first-order valence-electron chi connectivity index (χ1n) is 7.25. The van der Waals surface area contributed by atoms with Crippen LogP contribution in [0.3, 0.4) is 0 Å². The van der Waals surface area contributed by atoms with Crippen molar-refractivity contribution in [3.63, 3.8) is 0 Å². The summed E-state index contributed by atoms with van der Waals surface area (Å²) >= 11 is 3.42. The molecule has 1 N–H and O–H groups in total. The molecule has 0 saturated carbocycles. The third-order valence-corrected chi connectivity index (χ3v) is 4.08. The fourth-order valence-electron chi connectivity index (χ4n) is 2.44. The van der Waals surface area contributed by atoms with E-state index >= 15 is 0 Å². The highest BCUT2D eigenvalue weighted by molar-refractivity contribution is 9.10. The number of β-amino-alcohol motifs (C(OH)–C–C–N with tert-alkyl or cyclic N) is 1. The number of carbonyl (C=O) groups is 1. The van der Waals surface area contributed by atoms with E-state index in [1.54, 1.807) is 6.08 Å². The van der Waals surface area contributed by atoms with Gasteiger partial charge >= 0.3 is 0 Å². The summed E-state index contributed by atoms with van der Waals surface area (Å²) in [5.74, 6) is 0.0563. The average molecular weight is 353 g/mol. The van der Waals surface area contributed by atoms with Crippen molar-refractivity contribution < 1.29 is 9.90 Å². The van der Waals surface area contributed by atoms with Gasteiger partial charge in [0.1, 0.15) is 0 Å². The summed E-state index contributed by atoms with van der Waals surface area (Å²) in [5, 5.41) is 8.98. The van der Waals surface area contributed by atoms with Crippen LogP contribution >= 0.6 is 15.9 Å². The van der Waals surface area contributed by atoms with Crippen LogP contribution in [0.5, 0.6) is 0 Å². The Morgan fingerprint density at radius 1 is 1.29 bits per heavy atom. The van der Waals surface area contributed by atoms with Crippen LogP contribution in [0.4, 0.5) is 0 Å². The number of hydrogen-bond donors (Lipinski definition) is 1. The second-order valence-corrected chi connectivity index (χ2v) is 6.05. The monoisotopic (exact) mass is 352 g/mol. The van der Waals surface area contributed by atoms with E-state index in [9.17, 15) is 4.79 Å². The van der Waals surface area contributed by atoms with Gasteiger partial charge in [-0.15, -0.1) is 0 Å². The van der Waals surface area contributed by atoms with Crippen molar-refractivity contribution in [2.75, 3.05) is 39.3 Å². The minimum atomic E-state index is 0.0563. The Morgan fingerprint density at radius 2 is 2.14 bits per heavy atom. The fourth-order valence-corrected chi connectivity index (χ4v) is 2.86. The zero-order chi connectivity index (χ0) is 15.1. The number of nitrogens with zero attached hydrogens (tertiary/aromatic N) is 2. The van der Waals surface area contributed by atoms with E-state index < -0.39 is 0 Å². The molecule has 2 rings (SSSR count). The maximum absolute atomic E-state index is 12.2. The normalized spacial score (nSPS) is 17.1. The van der Waals surface area contributed by atoms with Crippen LogP contribution < -0.4 is 0 Å². The molecule has 4 nitrogen and oxygen atoms in total. The van der Waals surface area contributed by atoms with Gasteiger partial charge in [-0.05, 0) is 36.7 Å². The maximum atomic E-state index is 12.2. The van der Waals surface area contributed by atoms with Crippen LogP contribution in [0.15, 0.2) is 34.8 Å². The smallest absolute Gasteiger partial charge is 0.246 e. The lowest BCUT2D eigenvalue weighted by Crippen LogP contribution is -2.35. The summed E-state index contributed by atoms with van der Waals surface area (Å²) in [6.07, 6.45) is 4.45. The average Bonchev–Trinajstić information content (AvgIpc) is 2.71. The van der Waals surface area contributed by atoms with Crippen molar-refractivity contribution in [1.29, 1.82) is 0 Å². The summed E-state index contributed by atoms with van der Waals surface area (Å²) < 4.78 is 1.01. The Balaban J connectivity index is 1.91. The maximum Gasteiger partial charge on any atom is 0.246 e. The third-order valence-electron chi connectivity index (χ3n) is 3.58. The van der Waals surface area contributed by atoms with Gasteiger partial charge in [-0.25, -0.2) is 0 Å². The van der Waals surface area contributed by atoms with Crippen LogP contribution in [-0.2, 0) is 4.79 Å². The molecule has 1 aromatic carbocycles. The second kappa shape index (κ2) is 8.32. The van der Waals surface area contributed by atoms with Crippen molar-refractivity contribution in [3.8, 4) is 0 Å². The lowest BCUT2D eigenvalue weighted by atomic mass is 10.2. The number of halogens is 1. The number of hydrogen-bond acceptors (Lipinski definition) is 3. The van der Waals surface area contributed by atoms with Gasteiger partial charge in [0, 0.05) is 36.7 Å². The van der Waals surface area contributed by atoms with Crippen LogP contribution in [0.1, 0.15) is 12.0 Å². The zero-order valence-corrected chi connectivity index (χ0v) is 13.6. The molecule has 1 aromatic rings. The number of aliphatic hydroxyl groups is 1. The summed E-state index contributed by atoms with van der Waals surface area (Å²) in [6, 6.07) is 7.87. The van der Waals surface area contributed by atoms with E-state index in [1.807, 2.05) is 35.2 Å². The molecule has 0 aliphatic carbocycles. The molecule has 1 aliphatic heterocycles. The third kappa shape index (κ3) is 5.26. The fraction of sp³-hybridized carbons (Fsp3) is 0.438. The van der Waals surface area contributed by atoms with Crippen LogP contribution in [0.2, 0.25) is 0 Å². The highest BCUT2D eigenvalue weighted by atomic mass is 79.9. The van der Waals surface area contributed by atoms with Gasteiger partial charge < -0.3 is 10.0 Å². The molecule has 0 bridgehead atoms. The Labute approximate surface area is 134 Å². The van der Waals surface area contributed by atoms with Gasteiger partial charge in [0.2, 0.25) is 5.91 Å². The Kier molecular flexibility index (Phi) is 6.42. The van der Waals surface area contributed by atoms with E-state index in [0.29, 0.717) is 6.54 Å². The lowest BCUT2D eigenvalue weighted by molar-refractivity contribution is -0.125. The van der Waals surface area contributed by atoms with Crippen molar-refractivity contribution in [2.24, 2.45) is 0 Å². The predicted octanol–water partition coefficient (Wildman–Crippen LogP) is 1.99. The minimum Gasteiger partial charge on any atom is -0.395 e. The van der Waals surface area contributed by atoms with E-state index in [4.69, 9.17) is 5.11 Å². The van der Waals surface area contributed by atoms with Crippen LogP contribution in [-0.4, -0.2) is 60.1 Å². The SMILES string of the molecule is O=C(C=Cc1cccc(Br)c1)N1CCCN(CCO)CC1. The van der Waals surface area contributed by atoms with Crippen molar-refractivity contribution in [1.82, 2.24) is 9.80 Å². The molecule has 5 heteroatoms. The highest BCUT2D eigenvalue weighted by Crippen LogP contribution is 2.13. The Bertz CT molecular complexity index is 505. The van der Waals surface area contributed by atoms with Crippen molar-refractivity contribution >= 4 is 27.9 Å². The van der Waals surface area contributed by atoms with E-state index in [0.717, 1.165) is 42.6 Å². The first-order chi connectivity index (χ1) is 10.2. The summed E-state index contributed by atoms with van der Waals surface area (Å²) in [4.78, 5) is 16.3. The molecule has 114 valence electrons. The van der Waals surface area contributed by atoms with E-state index in [1.165, 1.54) is 0 Å². The number of benzene rings is 1. The second-order valence-electron chi connectivity index (χ2n) is 5.13. The largest absolute Gasteiger partial charge is 0.395 e. The van der Waals surface area contributed by atoms with Crippen LogP contribution in [0, 0.1) is 0 Å². The first-order valence-corrected chi connectivity index (χ1v) is 8.04. The number of rotatable bonds is 4. The van der Waals surface area contributed by atoms with Crippen LogP contribution in [0.25, 0.3) is 6.08 Å². The molecule has 1 amide bonds.